The lowest BCUT2D eigenvalue weighted by Gasteiger charge is -2.33. The minimum absolute atomic E-state index is 0.219. The van der Waals surface area contributed by atoms with Crippen LogP contribution in [0, 0.1) is 0 Å². The maximum atomic E-state index is 11.3. The highest BCUT2D eigenvalue weighted by molar-refractivity contribution is 5.80. The normalized spacial score (nSPS) is 20.0. The van der Waals surface area contributed by atoms with Gasteiger partial charge in [0.05, 0.1) is 13.1 Å². The Bertz CT molecular complexity index is 395. The van der Waals surface area contributed by atoms with Gasteiger partial charge in [-0.05, 0) is 12.8 Å². The van der Waals surface area contributed by atoms with E-state index in [0.717, 1.165) is 44.7 Å². The SMILES string of the molecule is CCCCCCCCCCCCC1=NCC[N+]1(CCCC)CC(=O)O. The van der Waals surface area contributed by atoms with E-state index in [-0.39, 0.29) is 6.54 Å². The van der Waals surface area contributed by atoms with Crippen LogP contribution in [0.2, 0.25) is 0 Å². The van der Waals surface area contributed by atoms with Crippen LogP contribution in [0.4, 0.5) is 0 Å². The van der Waals surface area contributed by atoms with Crippen LogP contribution in [-0.2, 0) is 4.79 Å². The molecule has 0 radical (unpaired) electrons. The van der Waals surface area contributed by atoms with E-state index in [1.165, 1.54) is 64.2 Å². The number of hydrogen-bond acceptors (Lipinski definition) is 2. The second kappa shape index (κ2) is 13.3. The van der Waals surface area contributed by atoms with Crippen molar-refractivity contribution in [3.8, 4) is 0 Å². The quantitative estimate of drug-likeness (QED) is 0.298. The first kappa shape index (κ1) is 22.1. The number of unbranched alkanes of at least 4 members (excludes halogenated alkanes) is 10. The van der Waals surface area contributed by atoms with Gasteiger partial charge in [0.25, 0.3) is 0 Å². The second-order valence-corrected chi connectivity index (χ2v) is 7.73. The molecule has 0 spiro atoms. The van der Waals surface area contributed by atoms with Crippen LogP contribution in [0.5, 0.6) is 0 Å². The lowest BCUT2D eigenvalue weighted by Crippen LogP contribution is -2.54. The van der Waals surface area contributed by atoms with E-state index in [9.17, 15) is 9.90 Å². The van der Waals surface area contributed by atoms with Crippen LogP contribution < -0.4 is 0 Å². The van der Waals surface area contributed by atoms with E-state index in [4.69, 9.17) is 4.99 Å². The first-order valence-corrected chi connectivity index (χ1v) is 10.8. The van der Waals surface area contributed by atoms with Crippen LogP contribution in [0.15, 0.2) is 4.99 Å². The predicted molar refractivity (Wildman–Crippen MR) is 106 cm³/mol. The Morgan fingerprint density at radius 2 is 1.48 bits per heavy atom. The third kappa shape index (κ3) is 8.84. The van der Waals surface area contributed by atoms with E-state index in [2.05, 4.69) is 13.8 Å². The summed E-state index contributed by atoms with van der Waals surface area (Å²) in [4.78, 5) is 16.0. The number of hydrogen-bond donors (Lipinski definition) is 1. The average molecular weight is 354 g/mol. The number of quaternary nitrogens is 1. The molecule has 0 fully saturated rings. The van der Waals surface area contributed by atoms with Gasteiger partial charge in [0.1, 0.15) is 6.54 Å². The first-order chi connectivity index (χ1) is 12.1. The zero-order chi connectivity index (χ0) is 18.4. The Morgan fingerprint density at radius 1 is 0.920 bits per heavy atom. The largest absolute Gasteiger partial charge is 0.477 e. The maximum absolute atomic E-state index is 11.3. The molecule has 0 aliphatic carbocycles. The van der Waals surface area contributed by atoms with Gasteiger partial charge in [0, 0.05) is 6.42 Å². The fraction of sp³-hybridized carbons (Fsp3) is 0.905. The van der Waals surface area contributed by atoms with Crippen molar-refractivity contribution in [1.29, 1.82) is 0 Å². The van der Waals surface area contributed by atoms with E-state index in [0.29, 0.717) is 4.48 Å². The third-order valence-corrected chi connectivity index (χ3v) is 5.50. The van der Waals surface area contributed by atoms with Crippen molar-refractivity contribution in [2.45, 2.75) is 97.3 Å². The monoisotopic (exact) mass is 353 g/mol. The Balaban J connectivity index is 2.22. The molecule has 0 saturated carbocycles. The van der Waals surface area contributed by atoms with Crippen molar-refractivity contribution in [3.05, 3.63) is 0 Å². The van der Waals surface area contributed by atoms with Crippen molar-refractivity contribution in [3.63, 3.8) is 0 Å². The topological polar surface area (TPSA) is 49.7 Å². The molecule has 4 nitrogen and oxygen atoms in total. The van der Waals surface area contributed by atoms with Gasteiger partial charge in [-0.25, -0.2) is 9.79 Å². The number of carboxylic acid groups (broad SMARTS) is 1. The fourth-order valence-electron chi connectivity index (χ4n) is 3.95. The first-order valence-electron chi connectivity index (χ1n) is 10.8. The summed E-state index contributed by atoms with van der Waals surface area (Å²) >= 11 is 0. The molecular formula is C21H41N2O2+. The molecule has 0 amide bonds. The lowest BCUT2D eigenvalue weighted by atomic mass is 10.1. The summed E-state index contributed by atoms with van der Waals surface area (Å²) in [5.41, 5.74) is 0. The van der Waals surface area contributed by atoms with Crippen LogP contribution in [-0.4, -0.2) is 47.6 Å². The van der Waals surface area contributed by atoms with Crippen LogP contribution >= 0.6 is 0 Å². The minimum atomic E-state index is -0.686. The van der Waals surface area contributed by atoms with E-state index < -0.39 is 5.97 Å². The van der Waals surface area contributed by atoms with E-state index >= 15 is 0 Å². The Kier molecular flexibility index (Phi) is 11.8. The molecule has 1 N–H and O–H groups in total. The summed E-state index contributed by atoms with van der Waals surface area (Å²) in [6, 6.07) is 0. The van der Waals surface area contributed by atoms with Crippen molar-refractivity contribution in [1.82, 2.24) is 0 Å². The summed E-state index contributed by atoms with van der Waals surface area (Å²) in [6.07, 6.45) is 16.6. The van der Waals surface area contributed by atoms with Gasteiger partial charge in [0.2, 0.25) is 0 Å². The summed E-state index contributed by atoms with van der Waals surface area (Å²) < 4.78 is 0.626. The van der Waals surface area contributed by atoms with Crippen molar-refractivity contribution >= 4 is 11.8 Å². The van der Waals surface area contributed by atoms with Gasteiger partial charge in [-0.15, -0.1) is 0 Å². The fourth-order valence-corrected chi connectivity index (χ4v) is 3.95. The Hall–Kier alpha value is -0.900. The van der Waals surface area contributed by atoms with Gasteiger partial charge < -0.3 is 5.11 Å². The molecule has 1 unspecified atom stereocenters. The molecule has 0 aromatic rings. The highest BCUT2D eigenvalue weighted by Crippen LogP contribution is 2.21. The van der Waals surface area contributed by atoms with Crippen LogP contribution in [0.3, 0.4) is 0 Å². The van der Waals surface area contributed by atoms with Gasteiger partial charge in [0.15, 0.2) is 12.4 Å². The van der Waals surface area contributed by atoms with E-state index in [1.54, 1.807) is 0 Å². The summed E-state index contributed by atoms with van der Waals surface area (Å²) in [5, 5.41) is 9.33. The maximum Gasteiger partial charge on any atom is 0.359 e. The Morgan fingerprint density at radius 3 is 2.04 bits per heavy atom. The highest BCUT2D eigenvalue weighted by atomic mass is 16.4. The molecule has 0 saturated heterocycles. The molecule has 146 valence electrons. The van der Waals surface area contributed by atoms with Crippen LogP contribution in [0.25, 0.3) is 0 Å². The van der Waals surface area contributed by atoms with Crippen molar-refractivity contribution in [2.75, 3.05) is 26.2 Å². The average Bonchev–Trinajstić information content (AvgIpc) is 2.96. The number of rotatable bonds is 16. The smallest absolute Gasteiger partial charge is 0.359 e. The molecule has 0 aromatic heterocycles. The van der Waals surface area contributed by atoms with Gasteiger partial charge >= 0.3 is 5.97 Å². The molecule has 1 aliphatic heterocycles. The van der Waals surface area contributed by atoms with Crippen LogP contribution in [0.1, 0.15) is 97.3 Å². The number of amidine groups is 1. The van der Waals surface area contributed by atoms with Crippen molar-refractivity contribution in [2.24, 2.45) is 4.99 Å². The predicted octanol–water partition coefficient (Wildman–Crippen LogP) is 5.41. The third-order valence-electron chi connectivity index (χ3n) is 5.50. The zero-order valence-corrected chi connectivity index (χ0v) is 16.8. The molecule has 1 heterocycles. The Labute approximate surface area is 155 Å². The van der Waals surface area contributed by atoms with Crippen molar-refractivity contribution < 1.29 is 14.4 Å². The number of carboxylic acids is 1. The number of aliphatic imine (C=N–C) groups is 1. The number of aliphatic carboxylic acids is 1. The molecule has 1 aliphatic rings. The molecule has 25 heavy (non-hydrogen) atoms. The molecular weight excluding hydrogens is 312 g/mol. The minimum Gasteiger partial charge on any atom is -0.477 e. The van der Waals surface area contributed by atoms with Gasteiger partial charge in [-0.2, -0.15) is 0 Å². The molecule has 1 atom stereocenters. The number of nitrogens with zero attached hydrogens (tertiary/aromatic N) is 2. The zero-order valence-electron chi connectivity index (χ0n) is 16.8. The molecule has 0 bridgehead atoms. The molecule has 0 aromatic carbocycles. The number of carbonyl (C=O) groups is 1. The van der Waals surface area contributed by atoms with Gasteiger partial charge in [-0.1, -0.05) is 78.1 Å². The summed E-state index contributed by atoms with van der Waals surface area (Å²) in [5.74, 6) is 0.476. The standard InChI is InChI=1S/C21H40N2O2/c1-3-5-7-8-9-10-11-12-13-14-15-20-22-16-18-23(20,17-6-4-2)19-21(24)25/h3-19H2,1-2H3/p+1. The summed E-state index contributed by atoms with van der Waals surface area (Å²) in [7, 11) is 0. The van der Waals surface area contributed by atoms with Gasteiger partial charge in [-0.3, -0.25) is 4.48 Å². The molecule has 4 heteroatoms. The lowest BCUT2D eigenvalue weighted by molar-refractivity contribution is -0.829. The van der Waals surface area contributed by atoms with E-state index in [1.807, 2.05) is 0 Å². The highest BCUT2D eigenvalue weighted by Gasteiger charge is 2.39. The second-order valence-electron chi connectivity index (χ2n) is 7.73. The molecule has 1 rings (SSSR count). The summed E-state index contributed by atoms with van der Waals surface area (Å²) in [6.45, 7) is 7.30.